The first kappa shape index (κ1) is 11.0. The van der Waals surface area contributed by atoms with Crippen LogP contribution in [0.5, 0.6) is 0 Å². The highest BCUT2D eigenvalue weighted by Crippen LogP contribution is 2.37. The second kappa shape index (κ2) is 4.41. The van der Waals surface area contributed by atoms with E-state index in [1.165, 1.54) is 0 Å². The van der Waals surface area contributed by atoms with Crippen LogP contribution in [0.4, 0.5) is 4.39 Å². The van der Waals surface area contributed by atoms with Gasteiger partial charge in [0.25, 0.3) is 0 Å². The van der Waals surface area contributed by atoms with Gasteiger partial charge in [-0.2, -0.15) is 0 Å². The highest BCUT2D eigenvalue weighted by molar-refractivity contribution is 4.87. The van der Waals surface area contributed by atoms with Gasteiger partial charge in [0.05, 0.1) is 6.10 Å². The molecule has 0 aromatic rings. The Morgan fingerprint density at radius 1 is 1.31 bits per heavy atom. The molecule has 0 aromatic carbocycles. The topological polar surface area (TPSA) is 9.23 Å². The van der Waals surface area contributed by atoms with Crippen LogP contribution < -0.4 is 0 Å². The van der Waals surface area contributed by atoms with E-state index in [0.717, 1.165) is 12.8 Å². The monoisotopic (exact) mass is 188 g/mol. The van der Waals surface area contributed by atoms with E-state index in [0.29, 0.717) is 11.8 Å². The van der Waals surface area contributed by atoms with Crippen LogP contribution in [0.3, 0.4) is 0 Å². The summed E-state index contributed by atoms with van der Waals surface area (Å²) in [4.78, 5) is 0. The molecule has 1 aliphatic carbocycles. The van der Waals surface area contributed by atoms with Gasteiger partial charge >= 0.3 is 0 Å². The van der Waals surface area contributed by atoms with Crippen molar-refractivity contribution in [2.24, 2.45) is 17.8 Å². The molecule has 0 N–H and O–H groups in total. The van der Waals surface area contributed by atoms with Crippen LogP contribution in [0.2, 0.25) is 0 Å². The molecule has 0 radical (unpaired) electrons. The number of halogens is 1. The Balaban J connectivity index is 2.59. The first-order valence-electron chi connectivity index (χ1n) is 5.24. The zero-order chi connectivity index (χ0) is 10.0. The quantitative estimate of drug-likeness (QED) is 0.647. The Morgan fingerprint density at radius 2 is 1.92 bits per heavy atom. The minimum Gasteiger partial charge on any atom is -0.378 e. The van der Waals surface area contributed by atoms with Crippen molar-refractivity contribution in [3.63, 3.8) is 0 Å². The standard InChI is InChI=1S/C11H21FO/c1-7(2)9-5-6-10(13-4)11(12)8(9)3/h7-11H,5-6H2,1-4H3/t8-,9-,10+,11-/m0/s1. The molecule has 0 heterocycles. The van der Waals surface area contributed by atoms with Crippen molar-refractivity contribution in [2.45, 2.75) is 45.9 Å². The molecular weight excluding hydrogens is 167 g/mol. The molecule has 0 unspecified atom stereocenters. The number of methoxy groups -OCH3 is 1. The van der Waals surface area contributed by atoms with Crippen molar-refractivity contribution in [1.82, 2.24) is 0 Å². The molecule has 0 spiro atoms. The number of hydrogen-bond acceptors (Lipinski definition) is 1. The molecule has 1 nitrogen and oxygen atoms in total. The van der Waals surface area contributed by atoms with Gasteiger partial charge in [0.2, 0.25) is 0 Å². The van der Waals surface area contributed by atoms with Gasteiger partial charge in [-0.1, -0.05) is 20.8 Å². The van der Waals surface area contributed by atoms with Crippen molar-refractivity contribution >= 4 is 0 Å². The third kappa shape index (κ3) is 2.22. The van der Waals surface area contributed by atoms with Crippen LogP contribution in [-0.2, 0) is 4.74 Å². The number of hydrogen-bond donors (Lipinski definition) is 0. The molecule has 78 valence electrons. The Labute approximate surface area is 80.7 Å². The van der Waals surface area contributed by atoms with E-state index in [4.69, 9.17) is 4.74 Å². The highest BCUT2D eigenvalue weighted by Gasteiger charge is 2.38. The molecule has 13 heavy (non-hydrogen) atoms. The fourth-order valence-corrected chi connectivity index (χ4v) is 2.54. The second-order valence-electron chi connectivity index (χ2n) is 4.56. The maximum atomic E-state index is 13.7. The van der Waals surface area contributed by atoms with Gasteiger partial charge in [-0.05, 0) is 30.6 Å². The summed E-state index contributed by atoms with van der Waals surface area (Å²) in [7, 11) is 1.61. The van der Waals surface area contributed by atoms with Crippen LogP contribution in [-0.4, -0.2) is 19.4 Å². The van der Waals surface area contributed by atoms with Gasteiger partial charge in [-0.3, -0.25) is 0 Å². The molecule has 0 bridgehead atoms. The molecule has 1 saturated carbocycles. The largest absolute Gasteiger partial charge is 0.378 e. The van der Waals surface area contributed by atoms with Gasteiger partial charge in [-0.25, -0.2) is 4.39 Å². The zero-order valence-corrected chi connectivity index (χ0v) is 9.09. The van der Waals surface area contributed by atoms with Crippen molar-refractivity contribution in [3.8, 4) is 0 Å². The molecule has 0 amide bonds. The van der Waals surface area contributed by atoms with E-state index in [1.807, 2.05) is 6.92 Å². The van der Waals surface area contributed by atoms with Gasteiger partial charge < -0.3 is 4.74 Å². The molecule has 0 saturated heterocycles. The fraction of sp³-hybridized carbons (Fsp3) is 1.00. The Hall–Kier alpha value is -0.110. The predicted octanol–water partition coefficient (Wildman–Crippen LogP) is 3.04. The summed E-state index contributed by atoms with van der Waals surface area (Å²) in [5.41, 5.74) is 0. The molecule has 2 heteroatoms. The van der Waals surface area contributed by atoms with E-state index in [-0.39, 0.29) is 12.0 Å². The first-order valence-corrected chi connectivity index (χ1v) is 5.24. The van der Waals surface area contributed by atoms with Crippen molar-refractivity contribution in [2.75, 3.05) is 7.11 Å². The van der Waals surface area contributed by atoms with E-state index in [9.17, 15) is 4.39 Å². The van der Waals surface area contributed by atoms with Gasteiger partial charge in [0.15, 0.2) is 0 Å². The molecule has 4 atom stereocenters. The van der Waals surface area contributed by atoms with E-state index in [2.05, 4.69) is 13.8 Å². The Kier molecular flexibility index (Phi) is 3.72. The van der Waals surface area contributed by atoms with Crippen LogP contribution in [0.15, 0.2) is 0 Å². The smallest absolute Gasteiger partial charge is 0.129 e. The van der Waals surface area contributed by atoms with E-state index in [1.54, 1.807) is 7.11 Å². The number of ether oxygens (including phenoxy) is 1. The molecule has 1 rings (SSSR count). The van der Waals surface area contributed by atoms with Crippen molar-refractivity contribution in [1.29, 1.82) is 0 Å². The molecule has 0 aromatic heterocycles. The third-order valence-electron chi connectivity index (χ3n) is 3.48. The lowest BCUT2D eigenvalue weighted by atomic mass is 9.72. The summed E-state index contributed by atoms with van der Waals surface area (Å²) in [5, 5.41) is 0. The summed E-state index contributed by atoms with van der Waals surface area (Å²) in [6.07, 6.45) is 1.05. The van der Waals surface area contributed by atoms with Gasteiger partial charge in [-0.15, -0.1) is 0 Å². The van der Waals surface area contributed by atoms with E-state index < -0.39 is 6.17 Å². The normalized spacial score (nSPS) is 41.1. The summed E-state index contributed by atoms with van der Waals surface area (Å²) in [6, 6.07) is 0. The summed E-state index contributed by atoms with van der Waals surface area (Å²) >= 11 is 0. The third-order valence-corrected chi connectivity index (χ3v) is 3.48. The average molecular weight is 188 g/mol. The maximum Gasteiger partial charge on any atom is 0.129 e. The summed E-state index contributed by atoms with van der Waals surface area (Å²) < 4.78 is 18.9. The zero-order valence-electron chi connectivity index (χ0n) is 9.09. The first-order chi connectivity index (χ1) is 6.07. The van der Waals surface area contributed by atoms with Crippen LogP contribution in [0.1, 0.15) is 33.6 Å². The van der Waals surface area contributed by atoms with Crippen molar-refractivity contribution < 1.29 is 9.13 Å². The SMILES string of the molecule is CO[C@@H]1CC[C@@H](C(C)C)[C@H](C)[C@@H]1F. The van der Waals surface area contributed by atoms with Gasteiger partial charge in [0.1, 0.15) is 6.17 Å². The molecule has 1 fully saturated rings. The highest BCUT2D eigenvalue weighted by atomic mass is 19.1. The lowest BCUT2D eigenvalue weighted by molar-refractivity contribution is -0.0478. The predicted molar refractivity (Wildman–Crippen MR) is 52.4 cm³/mol. The Bertz CT molecular complexity index is 158. The van der Waals surface area contributed by atoms with Gasteiger partial charge in [0, 0.05) is 7.11 Å². The molecule has 1 aliphatic rings. The van der Waals surface area contributed by atoms with Crippen molar-refractivity contribution in [3.05, 3.63) is 0 Å². The molecule has 0 aliphatic heterocycles. The minimum atomic E-state index is -0.772. The second-order valence-corrected chi connectivity index (χ2v) is 4.56. The summed E-state index contributed by atoms with van der Waals surface area (Å²) in [5.74, 6) is 1.27. The maximum absolute atomic E-state index is 13.7. The average Bonchev–Trinajstić information content (AvgIpc) is 2.09. The van der Waals surface area contributed by atoms with Crippen LogP contribution >= 0.6 is 0 Å². The lowest BCUT2D eigenvalue weighted by Gasteiger charge is -2.38. The van der Waals surface area contributed by atoms with Crippen LogP contribution in [0, 0.1) is 17.8 Å². The minimum absolute atomic E-state index is 0.152. The fourth-order valence-electron chi connectivity index (χ4n) is 2.54. The Morgan fingerprint density at radius 3 is 2.38 bits per heavy atom. The summed E-state index contributed by atoms with van der Waals surface area (Å²) in [6.45, 7) is 6.38. The number of alkyl halides is 1. The number of rotatable bonds is 2. The molecular formula is C11H21FO. The van der Waals surface area contributed by atoms with E-state index >= 15 is 0 Å². The van der Waals surface area contributed by atoms with Crippen LogP contribution in [0.25, 0.3) is 0 Å². The lowest BCUT2D eigenvalue weighted by Crippen LogP contribution is -2.40.